The fraction of sp³-hybridized carbons (Fsp3) is 0.882. The van der Waals surface area contributed by atoms with Gasteiger partial charge in [-0.2, -0.15) is 0 Å². The molecule has 0 bridgehead atoms. The van der Waals surface area contributed by atoms with Crippen molar-refractivity contribution in [2.45, 2.75) is 86.0 Å². The molecule has 102 valence electrons. The summed E-state index contributed by atoms with van der Waals surface area (Å²) >= 11 is 0. The van der Waals surface area contributed by atoms with Gasteiger partial charge in [-0.1, -0.05) is 71.4 Å². The Morgan fingerprint density at radius 1 is 1.00 bits per heavy atom. The summed E-state index contributed by atoms with van der Waals surface area (Å²) < 4.78 is 0. The van der Waals surface area contributed by atoms with E-state index in [-0.39, 0.29) is 0 Å². The smallest absolute Gasteiger partial charge is 0.0323 e. The van der Waals surface area contributed by atoms with E-state index in [1.165, 1.54) is 51.4 Å². The Hall–Kier alpha value is -0.260. The van der Waals surface area contributed by atoms with Gasteiger partial charge in [0.25, 0.3) is 0 Å². The van der Waals surface area contributed by atoms with Gasteiger partial charge in [0.05, 0.1) is 0 Å². The lowest BCUT2D eigenvalue weighted by atomic mass is 9.94. The highest BCUT2D eigenvalue weighted by Crippen LogP contribution is 2.19. The van der Waals surface area contributed by atoms with Crippen molar-refractivity contribution < 1.29 is 0 Å². The molecular formula is C17H34. The molecule has 0 rings (SSSR count). The van der Waals surface area contributed by atoms with Gasteiger partial charge >= 0.3 is 0 Å². The monoisotopic (exact) mass is 238 g/mol. The minimum atomic E-state index is 0.876. The molecule has 0 heteroatoms. The SMILES string of the molecule is CCC/C=C(\C)CCCC(C)CCCC(C)C. The van der Waals surface area contributed by atoms with Crippen molar-refractivity contribution in [1.82, 2.24) is 0 Å². The summed E-state index contributed by atoms with van der Waals surface area (Å²) in [5, 5.41) is 0. The van der Waals surface area contributed by atoms with Crippen LogP contribution < -0.4 is 0 Å². The zero-order chi connectivity index (χ0) is 13.1. The molecule has 0 saturated heterocycles. The molecule has 0 heterocycles. The molecule has 0 aliphatic heterocycles. The van der Waals surface area contributed by atoms with E-state index in [1.54, 1.807) is 5.57 Å². The van der Waals surface area contributed by atoms with Crippen molar-refractivity contribution in [2.24, 2.45) is 11.8 Å². The van der Waals surface area contributed by atoms with E-state index in [0.717, 1.165) is 11.8 Å². The highest BCUT2D eigenvalue weighted by molar-refractivity contribution is 4.97. The van der Waals surface area contributed by atoms with E-state index in [9.17, 15) is 0 Å². The molecule has 0 saturated carbocycles. The van der Waals surface area contributed by atoms with Crippen LogP contribution in [-0.2, 0) is 0 Å². The van der Waals surface area contributed by atoms with E-state index in [2.05, 4.69) is 40.7 Å². The van der Waals surface area contributed by atoms with Crippen LogP contribution in [0.2, 0.25) is 0 Å². The summed E-state index contributed by atoms with van der Waals surface area (Å²) in [6.07, 6.45) is 13.3. The third-order valence-corrected chi connectivity index (χ3v) is 3.53. The lowest BCUT2D eigenvalue weighted by molar-refractivity contribution is 0.427. The first-order valence-electron chi connectivity index (χ1n) is 7.71. The van der Waals surface area contributed by atoms with Gasteiger partial charge < -0.3 is 0 Å². The minimum absolute atomic E-state index is 0.876. The van der Waals surface area contributed by atoms with Gasteiger partial charge in [-0.05, 0) is 38.0 Å². The Bertz CT molecular complexity index is 188. The number of rotatable bonds is 10. The van der Waals surface area contributed by atoms with Crippen LogP contribution in [0.15, 0.2) is 11.6 Å². The highest BCUT2D eigenvalue weighted by atomic mass is 14.1. The number of allylic oxidation sites excluding steroid dienone is 2. The molecule has 17 heavy (non-hydrogen) atoms. The summed E-state index contributed by atoms with van der Waals surface area (Å²) in [6, 6.07) is 0. The quantitative estimate of drug-likeness (QED) is 0.388. The zero-order valence-corrected chi connectivity index (χ0v) is 12.9. The molecule has 0 aliphatic rings. The van der Waals surface area contributed by atoms with Crippen LogP contribution in [0, 0.1) is 11.8 Å². The molecule has 0 aromatic carbocycles. The fourth-order valence-electron chi connectivity index (χ4n) is 2.24. The maximum atomic E-state index is 2.42. The van der Waals surface area contributed by atoms with Gasteiger partial charge in [-0.25, -0.2) is 0 Å². The predicted molar refractivity (Wildman–Crippen MR) is 80.4 cm³/mol. The molecule has 0 N–H and O–H groups in total. The summed E-state index contributed by atoms with van der Waals surface area (Å²) in [5.41, 5.74) is 1.60. The molecule has 1 atom stereocenters. The van der Waals surface area contributed by atoms with Crippen molar-refractivity contribution in [3.05, 3.63) is 11.6 Å². The highest BCUT2D eigenvalue weighted by Gasteiger charge is 2.03. The molecule has 0 radical (unpaired) electrons. The molecular weight excluding hydrogens is 204 g/mol. The summed E-state index contributed by atoms with van der Waals surface area (Å²) in [5.74, 6) is 1.80. The first kappa shape index (κ1) is 16.7. The summed E-state index contributed by atoms with van der Waals surface area (Å²) in [7, 11) is 0. The lowest BCUT2D eigenvalue weighted by Gasteiger charge is -2.12. The number of hydrogen-bond acceptors (Lipinski definition) is 0. The van der Waals surface area contributed by atoms with E-state index in [0.29, 0.717) is 0 Å². The first-order chi connectivity index (χ1) is 8.06. The molecule has 0 amide bonds. The second-order valence-corrected chi connectivity index (χ2v) is 6.16. The Morgan fingerprint density at radius 3 is 2.24 bits per heavy atom. The van der Waals surface area contributed by atoms with Crippen molar-refractivity contribution >= 4 is 0 Å². The fourth-order valence-corrected chi connectivity index (χ4v) is 2.24. The van der Waals surface area contributed by atoms with Crippen LogP contribution >= 0.6 is 0 Å². The van der Waals surface area contributed by atoms with E-state index in [4.69, 9.17) is 0 Å². The van der Waals surface area contributed by atoms with Gasteiger partial charge in [-0.3, -0.25) is 0 Å². The van der Waals surface area contributed by atoms with Crippen LogP contribution in [0.1, 0.15) is 86.0 Å². The summed E-state index contributed by atoms with van der Waals surface area (Å²) in [6.45, 7) is 11.6. The Labute approximate surface area is 110 Å². The molecule has 0 aliphatic carbocycles. The Kier molecular flexibility index (Phi) is 10.7. The normalized spacial score (nSPS) is 14.4. The van der Waals surface area contributed by atoms with E-state index in [1.807, 2.05) is 0 Å². The lowest BCUT2D eigenvalue weighted by Crippen LogP contribution is -1.97. The van der Waals surface area contributed by atoms with Crippen molar-refractivity contribution in [1.29, 1.82) is 0 Å². The predicted octanol–water partition coefficient (Wildman–Crippen LogP) is 6.37. The van der Waals surface area contributed by atoms with Gasteiger partial charge in [-0.15, -0.1) is 0 Å². The van der Waals surface area contributed by atoms with E-state index >= 15 is 0 Å². The molecule has 0 nitrogen and oxygen atoms in total. The number of unbranched alkanes of at least 4 members (excludes halogenated alkanes) is 1. The average molecular weight is 238 g/mol. The Balaban J connectivity index is 3.47. The third-order valence-electron chi connectivity index (χ3n) is 3.53. The van der Waals surface area contributed by atoms with Gasteiger partial charge in [0, 0.05) is 0 Å². The van der Waals surface area contributed by atoms with Gasteiger partial charge in [0.2, 0.25) is 0 Å². The second-order valence-electron chi connectivity index (χ2n) is 6.16. The third kappa shape index (κ3) is 12.0. The number of hydrogen-bond donors (Lipinski definition) is 0. The van der Waals surface area contributed by atoms with Gasteiger partial charge in [0.15, 0.2) is 0 Å². The maximum absolute atomic E-state index is 2.42. The molecule has 0 fully saturated rings. The molecule has 0 spiro atoms. The van der Waals surface area contributed by atoms with Crippen LogP contribution in [0.25, 0.3) is 0 Å². The molecule has 0 aromatic rings. The minimum Gasteiger partial charge on any atom is -0.0856 e. The summed E-state index contributed by atoms with van der Waals surface area (Å²) in [4.78, 5) is 0. The maximum Gasteiger partial charge on any atom is -0.0323 e. The molecule has 1 unspecified atom stereocenters. The topological polar surface area (TPSA) is 0 Å². The van der Waals surface area contributed by atoms with Crippen LogP contribution in [0.3, 0.4) is 0 Å². The van der Waals surface area contributed by atoms with Crippen LogP contribution in [-0.4, -0.2) is 0 Å². The van der Waals surface area contributed by atoms with Crippen molar-refractivity contribution in [3.8, 4) is 0 Å². The largest absolute Gasteiger partial charge is 0.0856 e. The van der Waals surface area contributed by atoms with E-state index < -0.39 is 0 Å². The molecule has 0 aromatic heterocycles. The first-order valence-corrected chi connectivity index (χ1v) is 7.71. The standard InChI is InChI=1S/C17H34/c1-6-7-11-16(4)13-9-14-17(5)12-8-10-15(2)3/h11,15,17H,6-10,12-14H2,1-5H3/b16-11+. The van der Waals surface area contributed by atoms with Crippen LogP contribution in [0.5, 0.6) is 0 Å². The second kappa shape index (κ2) is 10.9. The average Bonchev–Trinajstić information content (AvgIpc) is 2.25. The van der Waals surface area contributed by atoms with Crippen molar-refractivity contribution in [2.75, 3.05) is 0 Å². The van der Waals surface area contributed by atoms with Gasteiger partial charge in [0.1, 0.15) is 0 Å². The van der Waals surface area contributed by atoms with Crippen molar-refractivity contribution in [3.63, 3.8) is 0 Å². The Morgan fingerprint density at radius 2 is 1.65 bits per heavy atom. The van der Waals surface area contributed by atoms with Crippen LogP contribution in [0.4, 0.5) is 0 Å². The zero-order valence-electron chi connectivity index (χ0n) is 12.9.